The third kappa shape index (κ3) is 2.67. The minimum atomic E-state index is 0. The van der Waals surface area contributed by atoms with Crippen LogP contribution in [0.4, 0.5) is 0 Å². The second-order valence-electron chi connectivity index (χ2n) is 2.11. The Labute approximate surface area is 64.1 Å². The lowest BCUT2D eigenvalue weighted by Gasteiger charge is -1.93. The summed E-state index contributed by atoms with van der Waals surface area (Å²) in [6, 6.07) is 4.12. The molecule has 0 N–H and O–H groups in total. The number of aryl methyl sites for hydroxylation is 1. The van der Waals surface area contributed by atoms with Crippen molar-refractivity contribution in [3.8, 4) is 0 Å². The molecule has 0 aromatic carbocycles. The van der Waals surface area contributed by atoms with Gasteiger partial charge in [-0.1, -0.05) is 13.3 Å². The zero-order valence-corrected chi connectivity index (χ0v) is 6.25. The average Bonchev–Trinajstić information content (AvgIpc) is 1.91. The van der Waals surface area contributed by atoms with Gasteiger partial charge in [-0.3, -0.25) is 4.98 Å². The Kier molecular flexibility index (Phi) is 4.64. The van der Waals surface area contributed by atoms with Crippen molar-refractivity contribution in [1.82, 2.24) is 4.98 Å². The van der Waals surface area contributed by atoms with Crippen LogP contribution in [-0.2, 0) is 6.42 Å². The first-order valence-electron chi connectivity index (χ1n) is 3.32. The third-order valence-corrected chi connectivity index (χ3v) is 1.29. The van der Waals surface area contributed by atoms with Crippen LogP contribution in [0.2, 0.25) is 0 Å². The molecular formula is C8H11BN. The van der Waals surface area contributed by atoms with Crippen molar-refractivity contribution in [1.29, 1.82) is 0 Å². The van der Waals surface area contributed by atoms with Crippen molar-refractivity contribution < 1.29 is 0 Å². The zero-order chi connectivity index (χ0) is 6.53. The molecule has 0 unspecified atom stereocenters. The molecule has 51 valence electrons. The molecule has 0 spiro atoms. The van der Waals surface area contributed by atoms with Gasteiger partial charge < -0.3 is 0 Å². The van der Waals surface area contributed by atoms with Gasteiger partial charge in [0.15, 0.2) is 0 Å². The van der Waals surface area contributed by atoms with Crippen LogP contribution in [0.15, 0.2) is 24.5 Å². The van der Waals surface area contributed by atoms with Crippen LogP contribution < -0.4 is 0 Å². The Hall–Kier alpha value is -0.785. The van der Waals surface area contributed by atoms with Gasteiger partial charge in [0.1, 0.15) is 0 Å². The van der Waals surface area contributed by atoms with E-state index in [1.54, 1.807) is 0 Å². The van der Waals surface area contributed by atoms with Crippen molar-refractivity contribution in [3.63, 3.8) is 0 Å². The largest absolute Gasteiger partial charge is 0.265 e. The van der Waals surface area contributed by atoms with Gasteiger partial charge >= 0.3 is 0 Å². The zero-order valence-electron chi connectivity index (χ0n) is 6.25. The van der Waals surface area contributed by atoms with E-state index in [-0.39, 0.29) is 8.41 Å². The number of pyridine rings is 1. The van der Waals surface area contributed by atoms with Crippen molar-refractivity contribution in [2.75, 3.05) is 0 Å². The summed E-state index contributed by atoms with van der Waals surface area (Å²) in [5.74, 6) is 0. The first kappa shape index (κ1) is 9.21. The maximum atomic E-state index is 3.93. The summed E-state index contributed by atoms with van der Waals surface area (Å²) in [5.41, 5.74) is 1.38. The Morgan fingerprint density at radius 3 is 2.40 bits per heavy atom. The molecule has 0 aliphatic heterocycles. The standard InChI is InChI=1S/C8H11N.B/c1-2-3-8-4-6-9-7-5-8;/h4-7H,2-3H2,1H3;. The molecule has 0 atom stereocenters. The van der Waals surface area contributed by atoms with E-state index in [1.807, 2.05) is 12.4 Å². The molecule has 0 aliphatic carbocycles. The molecule has 2 heteroatoms. The summed E-state index contributed by atoms with van der Waals surface area (Å²) < 4.78 is 0. The normalized spacial score (nSPS) is 8.50. The van der Waals surface area contributed by atoms with E-state index in [0.29, 0.717) is 0 Å². The van der Waals surface area contributed by atoms with Crippen LogP contribution in [0.1, 0.15) is 18.9 Å². The highest BCUT2D eigenvalue weighted by Crippen LogP contribution is 1.98. The van der Waals surface area contributed by atoms with Gasteiger partial charge in [-0.15, -0.1) is 0 Å². The first-order valence-corrected chi connectivity index (χ1v) is 3.32. The second-order valence-corrected chi connectivity index (χ2v) is 2.11. The summed E-state index contributed by atoms with van der Waals surface area (Å²) >= 11 is 0. The minimum absolute atomic E-state index is 0. The van der Waals surface area contributed by atoms with E-state index in [4.69, 9.17) is 0 Å². The molecule has 1 aromatic rings. The maximum Gasteiger partial charge on any atom is 0.0270 e. The van der Waals surface area contributed by atoms with Crippen molar-refractivity contribution in [2.24, 2.45) is 0 Å². The van der Waals surface area contributed by atoms with E-state index in [0.717, 1.165) is 0 Å². The summed E-state index contributed by atoms with van der Waals surface area (Å²) in [6.45, 7) is 2.18. The molecule has 10 heavy (non-hydrogen) atoms. The predicted molar refractivity (Wildman–Crippen MR) is 44.0 cm³/mol. The lowest BCUT2D eigenvalue weighted by Crippen LogP contribution is -1.80. The van der Waals surface area contributed by atoms with E-state index >= 15 is 0 Å². The number of hydrogen-bond donors (Lipinski definition) is 0. The molecule has 1 heterocycles. The Bertz CT molecular complexity index is 162. The molecule has 1 aromatic heterocycles. The van der Waals surface area contributed by atoms with Crippen molar-refractivity contribution >= 4 is 8.41 Å². The molecule has 0 aliphatic rings. The van der Waals surface area contributed by atoms with E-state index < -0.39 is 0 Å². The number of rotatable bonds is 2. The van der Waals surface area contributed by atoms with Gasteiger partial charge in [-0.2, -0.15) is 0 Å². The summed E-state index contributed by atoms with van der Waals surface area (Å²) in [5, 5.41) is 0. The molecule has 0 bridgehead atoms. The summed E-state index contributed by atoms with van der Waals surface area (Å²) in [7, 11) is 0. The molecule has 0 saturated carbocycles. The molecule has 1 nitrogen and oxygen atoms in total. The number of aromatic nitrogens is 1. The van der Waals surface area contributed by atoms with Crippen LogP contribution >= 0.6 is 0 Å². The summed E-state index contributed by atoms with van der Waals surface area (Å²) in [4.78, 5) is 3.93. The van der Waals surface area contributed by atoms with E-state index in [9.17, 15) is 0 Å². The molecular weight excluding hydrogens is 121 g/mol. The fourth-order valence-electron chi connectivity index (χ4n) is 0.838. The molecule has 0 saturated heterocycles. The highest BCUT2D eigenvalue weighted by molar-refractivity contribution is 5.75. The lowest BCUT2D eigenvalue weighted by molar-refractivity contribution is 0.918. The topological polar surface area (TPSA) is 12.9 Å². The van der Waals surface area contributed by atoms with Crippen LogP contribution in [-0.4, -0.2) is 13.4 Å². The Morgan fingerprint density at radius 1 is 1.30 bits per heavy atom. The average molecular weight is 132 g/mol. The number of nitrogens with zero attached hydrogens (tertiary/aromatic N) is 1. The quantitative estimate of drug-likeness (QED) is 0.557. The van der Waals surface area contributed by atoms with Crippen LogP contribution in [0.3, 0.4) is 0 Å². The van der Waals surface area contributed by atoms with Gasteiger partial charge in [0, 0.05) is 20.8 Å². The van der Waals surface area contributed by atoms with E-state index in [2.05, 4.69) is 24.0 Å². The predicted octanol–water partition coefficient (Wildman–Crippen LogP) is 1.65. The second kappa shape index (κ2) is 5.04. The minimum Gasteiger partial charge on any atom is -0.265 e. The Morgan fingerprint density at radius 2 is 1.90 bits per heavy atom. The smallest absolute Gasteiger partial charge is 0.0270 e. The fraction of sp³-hybridized carbons (Fsp3) is 0.375. The molecule has 0 amide bonds. The highest BCUT2D eigenvalue weighted by atomic mass is 14.6. The van der Waals surface area contributed by atoms with E-state index in [1.165, 1.54) is 18.4 Å². The molecule has 1 rings (SSSR count). The SMILES string of the molecule is CCCc1ccncc1.[B]. The van der Waals surface area contributed by atoms with Gasteiger partial charge in [0.05, 0.1) is 0 Å². The molecule has 0 fully saturated rings. The third-order valence-electron chi connectivity index (χ3n) is 1.29. The molecule has 3 radical (unpaired) electrons. The Balaban J connectivity index is 0.000000810. The monoisotopic (exact) mass is 132 g/mol. The van der Waals surface area contributed by atoms with Crippen molar-refractivity contribution in [2.45, 2.75) is 19.8 Å². The van der Waals surface area contributed by atoms with Gasteiger partial charge in [-0.25, -0.2) is 0 Å². The summed E-state index contributed by atoms with van der Waals surface area (Å²) in [6.07, 6.45) is 6.06. The fourth-order valence-corrected chi connectivity index (χ4v) is 0.838. The van der Waals surface area contributed by atoms with Gasteiger partial charge in [-0.05, 0) is 24.1 Å². The number of hydrogen-bond acceptors (Lipinski definition) is 1. The van der Waals surface area contributed by atoms with Gasteiger partial charge in [0.25, 0.3) is 0 Å². The van der Waals surface area contributed by atoms with Crippen molar-refractivity contribution in [3.05, 3.63) is 30.1 Å². The van der Waals surface area contributed by atoms with Crippen LogP contribution in [0, 0.1) is 0 Å². The first-order chi connectivity index (χ1) is 4.43. The lowest BCUT2D eigenvalue weighted by atomic mass is 10.2. The van der Waals surface area contributed by atoms with Gasteiger partial charge in [0.2, 0.25) is 0 Å². The van der Waals surface area contributed by atoms with Crippen LogP contribution in [0.5, 0.6) is 0 Å². The highest BCUT2D eigenvalue weighted by Gasteiger charge is 1.85. The maximum absolute atomic E-state index is 3.93. The van der Waals surface area contributed by atoms with Crippen LogP contribution in [0.25, 0.3) is 0 Å².